The van der Waals surface area contributed by atoms with Gasteiger partial charge in [-0.25, -0.2) is 0 Å². The van der Waals surface area contributed by atoms with E-state index < -0.39 is 0 Å². The topological polar surface area (TPSA) is 9.86 Å². The summed E-state index contributed by atoms with van der Waals surface area (Å²) in [5, 5.41) is 9.57. The Bertz CT molecular complexity index is 4260. The van der Waals surface area contributed by atoms with Crippen LogP contribution in [0.5, 0.6) is 0 Å². The maximum absolute atomic E-state index is 2.48. The molecule has 12 aromatic carbocycles. The summed E-state index contributed by atoms with van der Waals surface area (Å²) in [5.74, 6) is 0. The Morgan fingerprint density at radius 3 is 1.05 bits per heavy atom. The molecular formula is C72H48N2. The summed E-state index contributed by atoms with van der Waals surface area (Å²) in [6.45, 7) is 0. The Hall–Kier alpha value is -9.76. The van der Waals surface area contributed by atoms with E-state index in [-0.39, 0.29) is 0 Å². The molecule has 0 N–H and O–H groups in total. The first-order chi connectivity index (χ1) is 36.7. The molecular weight excluding hydrogens is 893 g/mol. The first-order valence-electron chi connectivity index (χ1n) is 25.5. The highest BCUT2D eigenvalue weighted by Crippen LogP contribution is 2.51. The van der Waals surface area contributed by atoms with Gasteiger partial charge in [0.05, 0.1) is 22.8 Å². The Labute approximate surface area is 431 Å². The largest absolute Gasteiger partial charge is 0.309 e. The zero-order valence-corrected chi connectivity index (χ0v) is 40.6. The third-order valence-corrected chi connectivity index (χ3v) is 15.0. The molecule has 346 valence electrons. The Balaban J connectivity index is 1.17. The minimum absolute atomic E-state index is 1.09. The predicted octanol–water partition coefficient (Wildman–Crippen LogP) is 19.5. The van der Waals surface area contributed by atoms with E-state index in [0.29, 0.717) is 0 Å². The monoisotopic (exact) mass is 940 g/mol. The summed E-state index contributed by atoms with van der Waals surface area (Å²) >= 11 is 0. The van der Waals surface area contributed by atoms with E-state index in [1.165, 1.54) is 76.5 Å². The van der Waals surface area contributed by atoms with E-state index in [2.05, 4.69) is 300 Å². The normalized spacial score (nSPS) is 11.5. The number of rotatable bonds is 9. The maximum Gasteiger partial charge on any atom is 0.0535 e. The van der Waals surface area contributed by atoms with Gasteiger partial charge in [0.15, 0.2) is 0 Å². The molecule has 0 aliphatic heterocycles. The van der Waals surface area contributed by atoms with Crippen molar-refractivity contribution in [1.29, 1.82) is 0 Å². The van der Waals surface area contributed by atoms with Crippen LogP contribution in [0.4, 0.5) is 0 Å². The number of benzene rings is 12. The summed E-state index contributed by atoms with van der Waals surface area (Å²) in [6, 6.07) is 107. The summed E-state index contributed by atoms with van der Waals surface area (Å²) in [5.41, 5.74) is 18.6. The molecule has 0 atom stereocenters. The second-order valence-corrected chi connectivity index (χ2v) is 19.2. The fourth-order valence-electron chi connectivity index (χ4n) is 11.7. The molecule has 14 aromatic rings. The Morgan fingerprint density at radius 2 is 0.568 bits per heavy atom. The number of aromatic nitrogens is 2. The lowest BCUT2D eigenvalue weighted by atomic mass is 9.81. The molecule has 2 heteroatoms. The smallest absolute Gasteiger partial charge is 0.0535 e. The molecule has 0 aliphatic carbocycles. The van der Waals surface area contributed by atoms with Crippen LogP contribution < -0.4 is 0 Å². The van der Waals surface area contributed by atoms with Crippen LogP contribution in [-0.4, -0.2) is 9.13 Å². The molecule has 0 aliphatic rings. The summed E-state index contributed by atoms with van der Waals surface area (Å²) in [7, 11) is 0. The molecule has 2 aromatic heterocycles. The standard InChI is InChI=1S/C72H48N2/c1-6-21-50(22-7-1)60-40-37-51-24-17-19-35-59(51)71(60)72-63-42-39-56(73-66(52-25-8-2-9-26-52)43-44-67(73)53-27-10-3-11-28-53)47-64(63)70(61-36-20-33-49-23-16-18-34-58(49)61)62-41-38-57(48-65(62)72)74-68(54-29-12-4-13-30-54)45-46-69(74)55-31-14-5-15-32-55/h1-48H. The van der Waals surface area contributed by atoms with E-state index in [0.717, 1.165) is 56.4 Å². The van der Waals surface area contributed by atoms with Crippen molar-refractivity contribution in [2.24, 2.45) is 0 Å². The lowest BCUT2D eigenvalue weighted by Crippen LogP contribution is -2.02. The molecule has 0 saturated carbocycles. The van der Waals surface area contributed by atoms with Gasteiger partial charge in [-0.1, -0.05) is 243 Å². The van der Waals surface area contributed by atoms with Crippen molar-refractivity contribution in [3.05, 3.63) is 291 Å². The number of hydrogen-bond acceptors (Lipinski definition) is 0. The van der Waals surface area contributed by atoms with Crippen LogP contribution in [0.1, 0.15) is 0 Å². The summed E-state index contributed by atoms with van der Waals surface area (Å²) in [4.78, 5) is 0. The van der Waals surface area contributed by atoms with E-state index in [1.807, 2.05) is 0 Å². The highest BCUT2D eigenvalue weighted by molar-refractivity contribution is 6.27. The third kappa shape index (κ3) is 7.27. The van der Waals surface area contributed by atoms with E-state index in [4.69, 9.17) is 0 Å². The van der Waals surface area contributed by atoms with Crippen LogP contribution in [0.3, 0.4) is 0 Å². The molecule has 0 saturated heterocycles. The lowest BCUT2D eigenvalue weighted by Gasteiger charge is -2.24. The molecule has 74 heavy (non-hydrogen) atoms. The van der Waals surface area contributed by atoms with Crippen LogP contribution in [-0.2, 0) is 0 Å². The third-order valence-electron chi connectivity index (χ3n) is 15.0. The van der Waals surface area contributed by atoms with E-state index in [1.54, 1.807) is 0 Å². The van der Waals surface area contributed by atoms with Crippen LogP contribution in [0.2, 0.25) is 0 Å². The Kier molecular flexibility index (Phi) is 10.6. The van der Waals surface area contributed by atoms with Crippen molar-refractivity contribution >= 4 is 43.1 Å². The molecule has 0 unspecified atom stereocenters. The second-order valence-electron chi connectivity index (χ2n) is 19.2. The summed E-state index contributed by atoms with van der Waals surface area (Å²) in [6.07, 6.45) is 0. The van der Waals surface area contributed by atoms with Gasteiger partial charge in [-0.2, -0.15) is 0 Å². The quantitative estimate of drug-likeness (QED) is 0.128. The molecule has 0 radical (unpaired) electrons. The lowest BCUT2D eigenvalue weighted by molar-refractivity contribution is 1.10. The van der Waals surface area contributed by atoms with Gasteiger partial charge >= 0.3 is 0 Å². The maximum atomic E-state index is 2.48. The predicted molar refractivity (Wildman–Crippen MR) is 313 cm³/mol. The van der Waals surface area contributed by atoms with Crippen LogP contribution >= 0.6 is 0 Å². The fraction of sp³-hybridized carbons (Fsp3) is 0. The average molecular weight is 941 g/mol. The van der Waals surface area contributed by atoms with Gasteiger partial charge in [-0.15, -0.1) is 0 Å². The van der Waals surface area contributed by atoms with Crippen molar-refractivity contribution in [1.82, 2.24) is 9.13 Å². The molecule has 0 fully saturated rings. The van der Waals surface area contributed by atoms with Gasteiger partial charge in [0.1, 0.15) is 0 Å². The second kappa shape index (κ2) is 18.1. The fourth-order valence-corrected chi connectivity index (χ4v) is 11.7. The molecule has 2 heterocycles. The van der Waals surface area contributed by atoms with Gasteiger partial charge in [0.25, 0.3) is 0 Å². The minimum Gasteiger partial charge on any atom is -0.309 e. The zero-order chi connectivity index (χ0) is 49.0. The molecule has 0 spiro atoms. The number of fused-ring (bicyclic) bond motifs is 4. The van der Waals surface area contributed by atoms with Crippen molar-refractivity contribution in [2.45, 2.75) is 0 Å². The van der Waals surface area contributed by atoms with Gasteiger partial charge in [-0.3, -0.25) is 0 Å². The van der Waals surface area contributed by atoms with Gasteiger partial charge in [-0.05, 0) is 147 Å². The SMILES string of the molecule is c1ccc(-c2ccc3ccccc3c2-c2c3ccc(-n4c(-c5ccccc5)ccc4-c4ccccc4)cc3c(-c3cccc4ccccc34)c3ccc(-n4c(-c5ccccc5)ccc4-c4ccccc4)cc23)cc1. The summed E-state index contributed by atoms with van der Waals surface area (Å²) < 4.78 is 4.92. The van der Waals surface area contributed by atoms with Crippen molar-refractivity contribution < 1.29 is 0 Å². The highest BCUT2D eigenvalue weighted by atomic mass is 15.0. The van der Waals surface area contributed by atoms with E-state index >= 15 is 0 Å². The van der Waals surface area contributed by atoms with Gasteiger partial charge < -0.3 is 9.13 Å². The first-order valence-corrected chi connectivity index (χ1v) is 25.5. The van der Waals surface area contributed by atoms with Crippen LogP contribution in [0.15, 0.2) is 291 Å². The zero-order valence-electron chi connectivity index (χ0n) is 40.6. The minimum atomic E-state index is 1.09. The average Bonchev–Trinajstić information content (AvgIpc) is 4.15. The highest BCUT2D eigenvalue weighted by Gasteiger charge is 2.25. The van der Waals surface area contributed by atoms with Gasteiger partial charge in [0.2, 0.25) is 0 Å². The van der Waals surface area contributed by atoms with Crippen molar-refractivity contribution in [3.63, 3.8) is 0 Å². The van der Waals surface area contributed by atoms with Crippen LogP contribution in [0.25, 0.3) is 133 Å². The number of hydrogen-bond donors (Lipinski definition) is 0. The molecule has 14 rings (SSSR count). The molecule has 0 bridgehead atoms. The number of nitrogens with zero attached hydrogens (tertiary/aromatic N) is 2. The van der Waals surface area contributed by atoms with E-state index in [9.17, 15) is 0 Å². The van der Waals surface area contributed by atoms with Crippen molar-refractivity contribution in [2.75, 3.05) is 0 Å². The van der Waals surface area contributed by atoms with Gasteiger partial charge in [0, 0.05) is 11.4 Å². The molecule has 2 nitrogen and oxygen atoms in total. The molecule has 0 amide bonds. The van der Waals surface area contributed by atoms with Crippen LogP contribution in [0, 0.1) is 0 Å². The first kappa shape index (κ1) is 43.1. The Morgan fingerprint density at radius 1 is 0.189 bits per heavy atom. The van der Waals surface area contributed by atoms with Crippen molar-refractivity contribution in [3.8, 4) is 89.8 Å².